The molecule has 0 aromatic heterocycles. The molecule has 5 heteroatoms. The smallest absolute Gasteiger partial charge is 0.325 e. The third-order valence-corrected chi connectivity index (χ3v) is 2.13. The average molecular weight is 221 g/mol. The number of nitrogens with zero attached hydrogens (tertiary/aromatic N) is 1. The first-order valence-electron chi connectivity index (χ1n) is 5.22. The zero-order chi connectivity index (χ0) is 12.4. The predicted molar refractivity (Wildman–Crippen MR) is 52.9 cm³/mol. The van der Waals surface area contributed by atoms with Crippen LogP contribution in [0.5, 0.6) is 0 Å². The number of hydrogen-bond acceptors (Lipinski definition) is 4. The highest BCUT2D eigenvalue weighted by Crippen LogP contribution is 2.13. The predicted octanol–water partition coefficient (Wildman–Crippen LogP) is 0.907. The van der Waals surface area contributed by atoms with Crippen LogP contribution < -0.4 is 0 Å². The van der Waals surface area contributed by atoms with Gasteiger partial charge in [-0.2, -0.15) is 0 Å². The average Bonchev–Trinajstić information content (AvgIpc) is 2.61. The summed E-state index contributed by atoms with van der Waals surface area (Å²) in [5.74, 6) is -1.81. The van der Waals surface area contributed by atoms with Crippen LogP contribution in [-0.4, -0.2) is 22.8 Å². The molecule has 5 nitrogen and oxygen atoms in total. The molecule has 0 atom stereocenters. The monoisotopic (exact) mass is 221 g/mol. The van der Waals surface area contributed by atoms with Crippen molar-refractivity contribution in [2.24, 2.45) is 0 Å². The van der Waals surface area contributed by atoms with Crippen LogP contribution >= 0.6 is 0 Å². The molecule has 0 N–H and O–H groups in total. The molecular weight excluding hydrogens is 210 g/mol. The Morgan fingerprint density at radius 3 is 2.38 bits per heavy atom. The minimum absolute atomic E-state index is 0.0672. The fourth-order valence-electron chi connectivity index (χ4n) is 1.32. The highest BCUT2D eigenvalue weighted by atomic mass is 16.7. The third kappa shape index (κ3) is 1.93. The van der Waals surface area contributed by atoms with Crippen LogP contribution in [0.3, 0.4) is 0 Å². The summed E-state index contributed by atoms with van der Waals surface area (Å²) in [6, 6.07) is 5.90. The molecule has 1 aromatic rings. The number of carbonyl (C=O) groups is 3. The second kappa shape index (κ2) is 4.14. The van der Waals surface area contributed by atoms with E-state index in [2.05, 4.69) is 0 Å². The number of amides is 2. The Hall–Kier alpha value is -2.17. The van der Waals surface area contributed by atoms with Gasteiger partial charge < -0.3 is 4.84 Å². The van der Waals surface area contributed by atoms with E-state index in [0.29, 0.717) is 5.06 Å². The summed E-state index contributed by atoms with van der Waals surface area (Å²) in [7, 11) is 0. The molecule has 2 amide bonds. The van der Waals surface area contributed by atoms with Gasteiger partial charge in [-0.15, -0.1) is 5.06 Å². The molecule has 1 saturated heterocycles. The van der Waals surface area contributed by atoms with E-state index in [1.807, 2.05) is 0 Å². The van der Waals surface area contributed by atoms with E-state index >= 15 is 0 Å². The zero-order valence-corrected chi connectivity index (χ0v) is 8.30. The van der Waals surface area contributed by atoms with Gasteiger partial charge in [0.15, 0.2) is 0 Å². The largest absolute Gasteiger partial charge is 0.363 e. The van der Waals surface area contributed by atoms with Crippen LogP contribution in [0.2, 0.25) is 0 Å². The first-order valence-corrected chi connectivity index (χ1v) is 4.72. The van der Waals surface area contributed by atoms with Crippen LogP contribution in [0.25, 0.3) is 0 Å². The standard InChI is InChI=1S/C11H9NO4/c13-9-6-7-10(14)12(9)16-11(15)8-4-2-1-3-5-8/h1-5H,6-7H2/i1T. The molecule has 0 bridgehead atoms. The summed E-state index contributed by atoms with van der Waals surface area (Å²) in [5, 5.41) is 0.497. The minimum atomic E-state index is -0.784. The topological polar surface area (TPSA) is 63.7 Å². The lowest BCUT2D eigenvalue weighted by molar-refractivity contribution is -0.172. The fraction of sp³-hybridized carbons (Fsp3) is 0.182. The molecule has 0 unspecified atom stereocenters. The number of rotatable bonds is 2. The number of imide groups is 1. The molecule has 0 saturated carbocycles. The van der Waals surface area contributed by atoms with E-state index in [0.717, 1.165) is 0 Å². The summed E-state index contributed by atoms with van der Waals surface area (Å²) in [6.45, 7) is 0. The van der Waals surface area contributed by atoms with E-state index in [4.69, 9.17) is 6.21 Å². The number of hydroxylamine groups is 2. The van der Waals surface area contributed by atoms with Gasteiger partial charge in [0.1, 0.15) is 0 Å². The normalized spacial score (nSPS) is 16.2. The lowest BCUT2D eigenvalue weighted by atomic mass is 10.2. The lowest BCUT2D eigenvalue weighted by Gasteiger charge is -2.12. The molecule has 16 heavy (non-hydrogen) atoms. The maximum atomic E-state index is 11.6. The van der Waals surface area contributed by atoms with Gasteiger partial charge >= 0.3 is 5.97 Å². The summed E-state index contributed by atoms with van der Waals surface area (Å²) in [5.41, 5.74) is 0.188. The van der Waals surface area contributed by atoms with Crippen LogP contribution in [0, 0.1) is 0 Å². The van der Waals surface area contributed by atoms with E-state index in [1.165, 1.54) is 24.3 Å². The third-order valence-electron chi connectivity index (χ3n) is 2.13. The van der Waals surface area contributed by atoms with Gasteiger partial charge in [0.05, 0.1) is 6.93 Å². The van der Waals surface area contributed by atoms with E-state index in [1.54, 1.807) is 0 Å². The molecule has 2 rings (SSSR count). The molecule has 1 heterocycles. The summed E-state index contributed by atoms with van der Waals surface area (Å²) in [4.78, 5) is 38.7. The van der Waals surface area contributed by atoms with Crippen molar-refractivity contribution in [3.63, 3.8) is 0 Å². The fourth-order valence-corrected chi connectivity index (χ4v) is 1.32. The Morgan fingerprint density at radius 1 is 1.25 bits per heavy atom. The molecule has 1 aliphatic heterocycles. The van der Waals surface area contributed by atoms with E-state index in [-0.39, 0.29) is 24.4 Å². The second-order valence-corrected chi connectivity index (χ2v) is 3.25. The van der Waals surface area contributed by atoms with Crippen molar-refractivity contribution >= 4 is 17.8 Å². The van der Waals surface area contributed by atoms with Crippen molar-refractivity contribution in [3.05, 3.63) is 35.9 Å². The Labute approximate surface area is 93.0 Å². The summed E-state index contributed by atoms with van der Waals surface area (Å²) >= 11 is 0. The molecule has 1 aliphatic rings. The maximum Gasteiger partial charge on any atom is 0.363 e. The van der Waals surface area contributed by atoms with Gasteiger partial charge in [-0.3, -0.25) is 9.59 Å². The quantitative estimate of drug-likeness (QED) is 0.696. The first kappa shape index (κ1) is 9.08. The van der Waals surface area contributed by atoms with Gasteiger partial charge in [-0.05, 0) is 12.1 Å². The van der Waals surface area contributed by atoms with E-state index < -0.39 is 17.8 Å². The van der Waals surface area contributed by atoms with Crippen LogP contribution in [0.15, 0.2) is 30.3 Å². The SMILES string of the molecule is [3H]c1ccc(C(=O)ON2C(=O)CCC2=O)cc1. The van der Waals surface area contributed by atoms with Crippen molar-refractivity contribution < 1.29 is 20.6 Å². The summed E-state index contributed by atoms with van der Waals surface area (Å²) < 4.78 is 7.25. The molecule has 0 aliphatic carbocycles. The Kier molecular flexibility index (Phi) is 2.35. The zero-order valence-electron chi connectivity index (χ0n) is 9.30. The molecular formula is C11H9NO4. The van der Waals surface area contributed by atoms with Crippen molar-refractivity contribution in [1.82, 2.24) is 5.06 Å². The first-order chi connectivity index (χ1) is 8.08. The number of carbonyl (C=O) groups excluding carboxylic acids is 3. The minimum Gasteiger partial charge on any atom is -0.325 e. The van der Waals surface area contributed by atoms with Gasteiger partial charge in [0.2, 0.25) is 0 Å². The maximum absolute atomic E-state index is 11.6. The number of benzene rings is 1. The second-order valence-electron chi connectivity index (χ2n) is 3.25. The molecule has 1 aromatic carbocycles. The van der Waals surface area contributed by atoms with Crippen LogP contribution in [-0.2, 0) is 14.4 Å². The lowest BCUT2D eigenvalue weighted by Crippen LogP contribution is -2.32. The summed E-state index contributed by atoms with van der Waals surface area (Å²) in [6.07, 6.45) is 0.134. The Balaban J connectivity index is 2.09. The van der Waals surface area contributed by atoms with Crippen molar-refractivity contribution in [2.75, 3.05) is 0 Å². The van der Waals surface area contributed by atoms with Gasteiger partial charge in [0, 0.05) is 12.8 Å². The molecule has 0 spiro atoms. The molecule has 1 fully saturated rings. The Morgan fingerprint density at radius 2 is 1.81 bits per heavy atom. The van der Waals surface area contributed by atoms with Crippen molar-refractivity contribution in [1.29, 1.82) is 0 Å². The Bertz CT molecular complexity index is 467. The molecule has 82 valence electrons. The van der Waals surface area contributed by atoms with Gasteiger partial charge in [0.25, 0.3) is 11.8 Å². The van der Waals surface area contributed by atoms with Crippen LogP contribution in [0.4, 0.5) is 0 Å². The van der Waals surface area contributed by atoms with Gasteiger partial charge in [-0.1, -0.05) is 18.2 Å². The van der Waals surface area contributed by atoms with Crippen molar-refractivity contribution in [2.45, 2.75) is 12.8 Å². The van der Waals surface area contributed by atoms with E-state index in [9.17, 15) is 14.4 Å². The van der Waals surface area contributed by atoms with Gasteiger partial charge in [-0.25, -0.2) is 4.79 Å². The van der Waals surface area contributed by atoms with Crippen molar-refractivity contribution in [3.8, 4) is 0 Å². The highest BCUT2D eigenvalue weighted by molar-refractivity contribution is 6.02. The number of hydrogen-bond donors (Lipinski definition) is 0. The highest BCUT2D eigenvalue weighted by Gasteiger charge is 2.32. The molecule has 0 radical (unpaired) electrons. The van der Waals surface area contributed by atoms with Crippen LogP contribution in [0.1, 0.15) is 24.6 Å².